The number of aryl methyl sites for hydroxylation is 1. The third kappa shape index (κ3) is 6.33. The second-order valence-corrected chi connectivity index (χ2v) is 6.41. The summed E-state index contributed by atoms with van der Waals surface area (Å²) in [6.07, 6.45) is 2.63. The molecular weight excluding hydrogens is 350 g/mol. The van der Waals surface area contributed by atoms with Gasteiger partial charge in [-0.15, -0.1) is 21.8 Å². The summed E-state index contributed by atoms with van der Waals surface area (Å²) in [5.74, 6) is 2.04. The fourth-order valence-corrected chi connectivity index (χ4v) is 2.83. The molecular formula is C16H20ClN3O3S. The van der Waals surface area contributed by atoms with Crippen molar-refractivity contribution in [3.05, 3.63) is 29.3 Å². The first-order valence-electron chi connectivity index (χ1n) is 7.66. The first kappa shape index (κ1) is 18.5. The smallest absolute Gasteiger partial charge is 0.226 e. The van der Waals surface area contributed by atoms with E-state index in [1.165, 1.54) is 11.3 Å². The number of nitrogens with zero attached hydrogens (tertiary/aromatic N) is 2. The van der Waals surface area contributed by atoms with E-state index in [0.717, 1.165) is 29.3 Å². The van der Waals surface area contributed by atoms with E-state index in [9.17, 15) is 4.79 Å². The minimum Gasteiger partial charge on any atom is -0.497 e. The molecule has 0 saturated heterocycles. The molecule has 2 aromatic rings. The normalized spacial score (nSPS) is 10.4. The molecule has 1 aromatic carbocycles. The van der Waals surface area contributed by atoms with E-state index in [1.54, 1.807) is 7.11 Å². The van der Waals surface area contributed by atoms with Crippen LogP contribution in [0.15, 0.2) is 24.3 Å². The Labute approximate surface area is 150 Å². The van der Waals surface area contributed by atoms with E-state index in [1.807, 2.05) is 24.3 Å². The number of benzene rings is 1. The summed E-state index contributed by atoms with van der Waals surface area (Å²) >= 11 is 7.03. The van der Waals surface area contributed by atoms with Gasteiger partial charge in [-0.2, -0.15) is 0 Å². The van der Waals surface area contributed by atoms with E-state index >= 15 is 0 Å². The summed E-state index contributed by atoms with van der Waals surface area (Å²) in [6.45, 7) is 0.469. The highest BCUT2D eigenvalue weighted by atomic mass is 35.5. The molecule has 0 saturated carbocycles. The van der Waals surface area contributed by atoms with Gasteiger partial charge in [0.2, 0.25) is 11.0 Å². The molecule has 1 N–H and O–H groups in total. The Bertz CT molecular complexity index is 634. The molecule has 6 nitrogen and oxygen atoms in total. The van der Waals surface area contributed by atoms with Crippen LogP contribution < -0.4 is 14.8 Å². The zero-order chi connectivity index (χ0) is 17.2. The van der Waals surface area contributed by atoms with E-state index in [4.69, 9.17) is 21.1 Å². The molecule has 0 radical (unpaired) electrons. The van der Waals surface area contributed by atoms with Gasteiger partial charge in [-0.1, -0.05) is 11.3 Å². The zero-order valence-corrected chi connectivity index (χ0v) is 15.0. The number of amides is 1. The lowest BCUT2D eigenvalue weighted by atomic mass is 10.3. The van der Waals surface area contributed by atoms with Crippen LogP contribution in [0.4, 0.5) is 5.13 Å². The van der Waals surface area contributed by atoms with E-state index in [0.29, 0.717) is 30.5 Å². The second-order valence-electron chi connectivity index (χ2n) is 4.97. The second kappa shape index (κ2) is 10.1. The number of aromatic nitrogens is 2. The molecule has 0 atom stereocenters. The van der Waals surface area contributed by atoms with Crippen LogP contribution >= 0.6 is 22.9 Å². The number of ether oxygens (including phenoxy) is 2. The Hall–Kier alpha value is -1.86. The van der Waals surface area contributed by atoms with Crippen LogP contribution in [0.3, 0.4) is 0 Å². The van der Waals surface area contributed by atoms with Crippen LogP contribution in [-0.2, 0) is 11.2 Å². The number of carbonyl (C=O) groups is 1. The lowest BCUT2D eigenvalue weighted by Gasteiger charge is -2.06. The summed E-state index contributed by atoms with van der Waals surface area (Å²) in [5.41, 5.74) is 0. The first-order chi connectivity index (χ1) is 11.7. The van der Waals surface area contributed by atoms with Crippen molar-refractivity contribution in [2.24, 2.45) is 0 Å². The monoisotopic (exact) mass is 369 g/mol. The Balaban J connectivity index is 1.64. The van der Waals surface area contributed by atoms with Crippen molar-refractivity contribution in [2.45, 2.75) is 25.7 Å². The number of halogens is 1. The van der Waals surface area contributed by atoms with Crippen LogP contribution in [0.2, 0.25) is 0 Å². The predicted molar refractivity (Wildman–Crippen MR) is 95.3 cm³/mol. The van der Waals surface area contributed by atoms with Crippen molar-refractivity contribution in [3.63, 3.8) is 0 Å². The zero-order valence-electron chi connectivity index (χ0n) is 13.5. The highest BCUT2D eigenvalue weighted by molar-refractivity contribution is 7.15. The highest BCUT2D eigenvalue weighted by Gasteiger charge is 2.08. The number of nitrogens with one attached hydrogen (secondary N) is 1. The SMILES string of the molecule is COc1ccc(OCCCC(=O)Nc2nnc(CCCCl)s2)cc1. The molecule has 0 fully saturated rings. The van der Waals surface area contributed by atoms with Gasteiger partial charge in [0.15, 0.2) is 0 Å². The minimum absolute atomic E-state index is 0.0895. The largest absolute Gasteiger partial charge is 0.497 e. The van der Waals surface area contributed by atoms with Crippen molar-refractivity contribution in [2.75, 3.05) is 24.9 Å². The number of rotatable bonds is 10. The average molecular weight is 370 g/mol. The average Bonchev–Trinajstić information content (AvgIpc) is 3.04. The summed E-state index contributed by atoms with van der Waals surface area (Å²) in [4.78, 5) is 11.9. The molecule has 0 spiro atoms. The predicted octanol–water partition coefficient (Wildman–Crippen LogP) is 3.52. The van der Waals surface area contributed by atoms with Gasteiger partial charge in [0, 0.05) is 18.7 Å². The number of alkyl halides is 1. The maximum absolute atomic E-state index is 11.9. The summed E-state index contributed by atoms with van der Waals surface area (Å²) in [5, 5.41) is 12.1. The molecule has 0 aliphatic heterocycles. The lowest BCUT2D eigenvalue weighted by Crippen LogP contribution is -2.12. The van der Waals surface area contributed by atoms with Crippen molar-refractivity contribution < 1.29 is 14.3 Å². The minimum atomic E-state index is -0.0895. The summed E-state index contributed by atoms with van der Waals surface area (Å²) in [6, 6.07) is 7.34. The molecule has 24 heavy (non-hydrogen) atoms. The van der Waals surface area contributed by atoms with Crippen molar-refractivity contribution in [1.29, 1.82) is 0 Å². The number of hydrogen-bond donors (Lipinski definition) is 1. The van der Waals surface area contributed by atoms with Gasteiger partial charge in [0.25, 0.3) is 0 Å². The first-order valence-corrected chi connectivity index (χ1v) is 9.01. The number of anilines is 1. The maximum Gasteiger partial charge on any atom is 0.226 e. The topological polar surface area (TPSA) is 73.3 Å². The van der Waals surface area contributed by atoms with Crippen LogP contribution in [0, 0.1) is 0 Å². The lowest BCUT2D eigenvalue weighted by molar-refractivity contribution is -0.116. The van der Waals surface area contributed by atoms with Gasteiger partial charge in [-0.25, -0.2) is 0 Å². The van der Waals surface area contributed by atoms with E-state index in [2.05, 4.69) is 15.5 Å². The number of methoxy groups -OCH3 is 1. The molecule has 8 heteroatoms. The van der Waals surface area contributed by atoms with Crippen LogP contribution in [0.25, 0.3) is 0 Å². The van der Waals surface area contributed by atoms with Gasteiger partial charge in [-0.05, 0) is 37.1 Å². The van der Waals surface area contributed by atoms with Crippen molar-refractivity contribution in [3.8, 4) is 11.5 Å². The molecule has 1 aromatic heterocycles. The van der Waals surface area contributed by atoms with E-state index in [-0.39, 0.29) is 5.91 Å². The van der Waals surface area contributed by atoms with Crippen molar-refractivity contribution >= 4 is 34.0 Å². The Morgan fingerprint density at radius 3 is 2.67 bits per heavy atom. The molecule has 0 aliphatic rings. The fraction of sp³-hybridized carbons (Fsp3) is 0.438. The molecule has 2 rings (SSSR count). The van der Waals surface area contributed by atoms with Crippen LogP contribution in [0.5, 0.6) is 11.5 Å². The Morgan fingerprint density at radius 2 is 1.96 bits per heavy atom. The quantitative estimate of drug-likeness (QED) is 0.512. The fourth-order valence-electron chi connectivity index (χ4n) is 1.90. The number of hydrogen-bond acceptors (Lipinski definition) is 6. The summed E-state index contributed by atoms with van der Waals surface area (Å²) < 4.78 is 10.7. The van der Waals surface area contributed by atoms with E-state index < -0.39 is 0 Å². The Kier molecular flexibility index (Phi) is 7.77. The number of carbonyl (C=O) groups excluding carboxylic acids is 1. The summed E-state index contributed by atoms with van der Waals surface area (Å²) in [7, 11) is 1.62. The Morgan fingerprint density at radius 1 is 1.21 bits per heavy atom. The molecule has 1 amide bonds. The van der Waals surface area contributed by atoms with Crippen molar-refractivity contribution in [1.82, 2.24) is 10.2 Å². The highest BCUT2D eigenvalue weighted by Crippen LogP contribution is 2.18. The standard InChI is InChI=1S/C16H20ClN3O3S/c1-22-12-6-8-13(9-7-12)23-11-3-4-14(21)18-16-20-19-15(24-16)5-2-10-17/h6-9H,2-5,10-11H2,1H3,(H,18,20,21). The molecule has 0 aliphatic carbocycles. The molecule has 0 unspecified atom stereocenters. The maximum atomic E-state index is 11.9. The van der Waals surface area contributed by atoms with Crippen LogP contribution in [-0.4, -0.2) is 35.7 Å². The molecule has 0 bridgehead atoms. The van der Waals surface area contributed by atoms with Crippen LogP contribution in [0.1, 0.15) is 24.3 Å². The van der Waals surface area contributed by atoms with Gasteiger partial charge in [0.1, 0.15) is 16.5 Å². The molecule has 130 valence electrons. The third-order valence-corrected chi connectivity index (χ3v) is 4.28. The third-order valence-electron chi connectivity index (χ3n) is 3.11. The van der Waals surface area contributed by atoms with Gasteiger partial charge >= 0.3 is 0 Å². The van der Waals surface area contributed by atoms with Gasteiger partial charge in [-0.3, -0.25) is 4.79 Å². The van der Waals surface area contributed by atoms with Gasteiger partial charge < -0.3 is 14.8 Å². The molecule has 1 heterocycles. The van der Waals surface area contributed by atoms with Gasteiger partial charge in [0.05, 0.1) is 13.7 Å².